The molecule has 0 heterocycles. The normalized spacial score (nSPS) is 11.8. The molecule has 0 fully saturated rings. The molecule has 1 aromatic rings. The molecule has 1 aromatic carbocycles. The lowest BCUT2D eigenvalue weighted by molar-refractivity contribution is -0.137. The Hall–Kier alpha value is -1.56. The number of carbonyl (C=O) groups excluding carboxylic acids is 1. The van der Waals surface area contributed by atoms with Gasteiger partial charge in [-0.25, -0.2) is 0 Å². The van der Waals surface area contributed by atoms with E-state index in [1.165, 1.54) is 12.1 Å². The number of nitrogens with one attached hydrogen (secondary N) is 1. The molecule has 1 rings (SSSR count). The Kier molecular flexibility index (Phi) is 5.56. The van der Waals surface area contributed by atoms with Crippen LogP contribution in [0, 0.1) is 5.92 Å². The quantitative estimate of drug-likeness (QED) is 0.870. The number of halogens is 3. The summed E-state index contributed by atoms with van der Waals surface area (Å²) in [5.41, 5.74) is 4.65. The second-order valence-corrected chi connectivity index (χ2v) is 4.58. The van der Waals surface area contributed by atoms with Gasteiger partial charge in [-0.2, -0.15) is 13.2 Å². The van der Waals surface area contributed by atoms with Crippen molar-refractivity contribution < 1.29 is 18.0 Å². The van der Waals surface area contributed by atoms with Gasteiger partial charge in [0.25, 0.3) is 0 Å². The Labute approximate surface area is 116 Å². The molecule has 112 valence electrons. The van der Waals surface area contributed by atoms with Crippen molar-refractivity contribution in [3.05, 3.63) is 29.3 Å². The van der Waals surface area contributed by atoms with E-state index >= 15 is 0 Å². The molecule has 0 aliphatic carbocycles. The lowest BCUT2D eigenvalue weighted by atomic mass is 10.0. The summed E-state index contributed by atoms with van der Waals surface area (Å²) in [6.45, 7) is 3.68. The monoisotopic (exact) mass is 288 g/mol. The molecule has 0 radical (unpaired) electrons. The summed E-state index contributed by atoms with van der Waals surface area (Å²) < 4.78 is 39.0. The van der Waals surface area contributed by atoms with Gasteiger partial charge in [0.05, 0.1) is 11.3 Å². The fourth-order valence-corrected chi connectivity index (χ4v) is 1.96. The molecule has 0 aliphatic rings. The number of benzene rings is 1. The van der Waals surface area contributed by atoms with Gasteiger partial charge in [-0.05, 0) is 30.5 Å². The van der Waals surface area contributed by atoms with Gasteiger partial charge in [0, 0.05) is 12.5 Å². The summed E-state index contributed by atoms with van der Waals surface area (Å²) >= 11 is 0. The van der Waals surface area contributed by atoms with Crippen molar-refractivity contribution in [1.82, 2.24) is 0 Å². The van der Waals surface area contributed by atoms with E-state index in [4.69, 9.17) is 5.73 Å². The minimum absolute atomic E-state index is 0.0177. The van der Waals surface area contributed by atoms with Crippen LogP contribution in [-0.4, -0.2) is 5.91 Å². The van der Waals surface area contributed by atoms with Crippen molar-refractivity contribution >= 4 is 11.6 Å². The molecule has 20 heavy (non-hydrogen) atoms. The number of hydrogen-bond donors (Lipinski definition) is 2. The maximum absolute atomic E-state index is 13.0. The second kappa shape index (κ2) is 6.74. The van der Waals surface area contributed by atoms with Crippen molar-refractivity contribution in [3.63, 3.8) is 0 Å². The van der Waals surface area contributed by atoms with E-state index in [9.17, 15) is 18.0 Å². The summed E-state index contributed by atoms with van der Waals surface area (Å²) in [5.74, 6) is -0.675. The van der Waals surface area contributed by atoms with Gasteiger partial charge in [-0.1, -0.05) is 19.9 Å². The van der Waals surface area contributed by atoms with Crippen LogP contribution in [0.25, 0.3) is 0 Å². The highest BCUT2D eigenvalue weighted by molar-refractivity contribution is 5.93. The van der Waals surface area contributed by atoms with Crippen LogP contribution in [0.15, 0.2) is 18.2 Å². The minimum Gasteiger partial charge on any atom is -0.326 e. The van der Waals surface area contributed by atoms with Crippen LogP contribution in [0.4, 0.5) is 18.9 Å². The molecular formula is C14H19F3N2O. The number of hydrogen-bond acceptors (Lipinski definition) is 2. The van der Waals surface area contributed by atoms with Crippen LogP contribution in [0.5, 0.6) is 0 Å². The summed E-state index contributed by atoms with van der Waals surface area (Å²) in [6.07, 6.45) is -3.35. The highest BCUT2D eigenvalue weighted by Gasteiger charge is 2.34. The first-order valence-electron chi connectivity index (χ1n) is 6.54. The largest absolute Gasteiger partial charge is 0.418 e. The predicted molar refractivity (Wildman–Crippen MR) is 72.0 cm³/mol. The van der Waals surface area contributed by atoms with Gasteiger partial charge in [0.2, 0.25) is 5.91 Å². The summed E-state index contributed by atoms with van der Waals surface area (Å²) in [7, 11) is 0. The smallest absolute Gasteiger partial charge is 0.326 e. The van der Waals surface area contributed by atoms with E-state index in [-0.39, 0.29) is 24.1 Å². The molecule has 3 nitrogen and oxygen atoms in total. The van der Waals surface area contributed by atoms with Crippen LogP contribution >= 0.6 is 0 Å². The summed E-state index contributed by atoms with van der Waals surface area (Å²) in [5, 5.41) is 2.37. The first-order chi connectivity index (χ1) is 9.33. The standard InChI is InChI=1S/C14H19F3N2O/c1-3-10(4-2)13(20)19-12-6-5-9(8-18)7-11(12)14(15,16)17/h5-7,10H,3-4,8,18H2,1-2H3,(H,19,20). The van der Waals surface area contributed by atoms with E-state index in [0.717, 1.165) is 6.07 Å². The van der Waals surface area contributed by atoms with Crippen LogP contribution < -0.4 is 11.1 Å². The first-order valence-corrected chi connectivity index (χ1v) is 6.54. The average molecular weight is 288 g/mol. The van der Waals surface area contributed by atoms with Crippen molar-refractivity contribution in [2.45, 2.75) is 39.4 Å². The van der Waals surface area contributed by atoms with Gasteiger partial charge in [0.15, 0.2) is 0 Å². The lowest BCUT2D eigenvalue weighted by Crippen LogP contribution is -2.23. The number of carbonyl (C=O) groups is 1. The maximum atomic E-state index is 13.0. The fraction of sp³-hybridized carbons (Fsp3) is 0.500. The molecule has 0 atom stereocenters. The zero-order chi connectivity index (χ0) is 15.3. The Morgan fingerprint density at radius 3 is 2.35 bits per heavy atom. The van der Waals surface area contributed by atoms with Crippen molar-refractivity contribution in [2.75, 3.05) is 5.32 Å². The SMILES string of the molecule is CCC(CC)C(=O)Nc1ccc(CN)cc1C(F)(F)F. The molecule has 3 N–H and O–H groups in total. The average Bonchev–Trinajstić information content (AvgIpc) is 2.39. The molecule has 0 aromatic heterocycles. The third-order valence-electron chi connectivity index (χ3n) is 3.24. The third kappa shape index (κ3) is 3.96. The molecule has 0 aliphatic heterocycles. The fourth-order valence-electron chi connectivity index (χ4n) is 1.96. The van der Waals surface area contributed by atoms with Gasteiger partial charge in [0.1, 0.15) is 0 Å². The summed E-state index contributed by atoms with van der Waals surface area (Å²) in [6, 6.07) is 3.71. The minimum atomic E-state index is -4.53. The summed E-state index contributed by atoms with van der Waals surface area (Å²) in [4.78, 5) is 11.9. The first kappa shape index (κ1) is 16.5. The third-order valence-corrected chi connectivity index (χ3v) is 3.24. The van der Waals surface area contributed by atoms with Crippen molar-refractivity contribution in [3.8, 4) is 0 Å². The van der Waals surface area contributed by atoms with E-state index in [2.05, 4.69) is 5.32 Å². The Morgan fingerprint density at radius 2 is 1.90 bits per heavy atom. The zero-order valence-electron chi connectivity index (χ0n) is 11.6. The van der Waals surface area contributed by atoms with Crippen LogP contribution in [0.3, 0.4) is 0 Å². The highest BCUT2D eigenvalue weighted by atomic mass is 19.4. The van der Waals surface area contributed by atoms with E-state index in [1.54, 1.807) is 0 Å². The second-order valence-electron chi connectivity index (χ2n) is 4.58. The Bertz CT molecular complexity index is 468. The molecule has 0 unspecified atom stereocenters. The van der Waals surface area contributed by atoms with Crippen LogP contribution in [0.2, 0.25) is 0 Å². The Morgan fingerprint density at radius 1 is 1.30 bits per heavy atom. The van der Waals surface area contributed by atoms with Gasteiger partial charge < -0.3 is 11.1 Å². The number of nitrogens with two attached hydrogens (primary N) is 1. The maximum Gasteiger partial charge on any atom is 0.418 e. The topological polar surface area (TPSA) is 55.1 Å². The molecule has 1 amide bonds. The number of alkyl halides is 3. The molecule has 0 saturated carbocycles. The number of amides is 1. The molecule has 0 bridgehead atoms. The molecule has 0 spiro atoms. The zero-order valence-corrected chi connectivity index (χ0v) is 11.6. The van der Waals surface area contributed by atoms with Gasteiger partial charge in [-0.15, -0.1) is 0 Å². The number of anilines is 1. The van der Waals surface area contributed by atoms with Crippen molar-refractivity contribution in [1.29, 1.82) is 0 Å². The van der Waals surface area contributed by atoms with Gasteiger partial charge >= 0.3 is 6.18 Å². The van der Waals surface area contributed by atoms with E-state index in [0.29, 0.717) is 18.4 Å². The predicted octanol–water partition coefficient (Wildman–Crippen LogP) is 3.54. The van der Waals surface area contributed by atoms with Crippen molar-refractivity contribution in [2.24, 2.45) is 11.7 Å². The molecule has 6 heteroatoms. The molecule has 0 saturated heterocycles. The Balaban J connectivity index is 3.09. The van der Waals surface area contributed by atoms with E-state index < -0.39 is 11.7 Å². The van der Waals surface area contributed by atoms with E-state index in [1.807, 2.05) is 13.8 Å². The van der Waals surface area contributed by atoms with Crippen LogP contribution in [0.1, 0.15) is 37.8 Å². The molecular weight excluding hydrogens is 269 g/mol. The number of rotatable bonds is 5. The van der Waals surface area contributed by atoms with Crippen LogP contribution in [-0.2, 0) is 17.5 Å². The van der Waals surface area contributed by atoms with Gasteiger partial charge in [-0.3, -0.25) is 4.79 Å². The highest BCUT2D eigenvalue weighted by Crippen LogP contribution is 2.35. The lowest BCUT2D eigenvalue weighted by Gasteiger charge is -2.17.